The minimum absolute atomic E-state index is 0.0138. The number of nitrogens with zero attached hydrogens (tertiary/aromatic N) is 3. The van der Waals surface area contributed by atoms with Crippen molar-refractivity contribution in [1.82, 2.24) is 14.8 Å². The molecular formula is C25H26N6O3. The molecule has 174 valence electrons. The maximum atomic E-state index is 12.1. The highest BCUT2D eigenvalue weighted by atomic mass is 16.2. The number of nitrogens with two attached hydrogens (primary N) is 1. The molecule has 1 unspecified atom stereocenters. The van der Waals surface area contributed by atoms with E-state index >= 15 is 0 Å². The van der Waals surface area contributed by atoms with Gasteiger partial charge in [0.2, 0.25) is 11.8 Å². The molecule has 0 saturated carbocycles. The zero-order chi connectivity index (χ0) is 24.4. The molecule has 0 bridgehead atoms. The van der Waals surface area contributed by atoms with Gasteiger partial charge >= 0.3 is 0 Å². The topological polar surface area (TPSA) is 132 Å². The second-order valence-corrected chi connectivity index (χ2v) is 8.60. The molecule has 9 heteroatoms. The van der Waals surface area contributed by atoms with E-state index in [1.807, 2.05) is 24.3 Å². The molecule has 3 heterocycles. The molecule has 2 aromatic rings. The van der Waals surface area contributed by atoms with Crippen LogP contribution in [0.2, 0.25) is 0 Å². The summed E-state index contributed by atoms with van der Waals surface area (Å²) in [4.78, 5) is 43.2. The van der Waals surface area contributed by atoms with Crippen LogP contribution >= 0.6 is 0 Å². The van der Waals surface area contributed by atoms with Crippen LogP contribution in [0.1, 0.15) is 36.0 Å². The van der Waals surface area contributed by atoms with E-state index in [4.69, 9.17) is 11.1 Å². The van der Waals surface area contributed by atoms with Crippen molar-refractivity contribution in [3.8, 4) is 11.8 Å². The van der Waals surface area contributed by atoms with Crippen molar-refractivity contribution >= 4 is 34.9 Å². The molecule has 34 heavy (non-hydrogen) atoms. The van der Waals surface area contributed by atoms with Gasteiger partial charge in [-0.1, -0.05) is 17.9 Å². The molecule has 1 aromatic carbocycles. The van der Waals surface area contributed by atoms with Crippen LogP contribution < -0.4 is 11.1 Å². The summed E-state index contributed by atoms with van der Waals surface area (Å²) in [5.41, 5.74) is 7.58. The Morgan fingerprint density at radius 2 is 2.03 bits per heavy atom. The molecule has 0 aliphatic carbocycles. The molecule has 1 aromatic heterocycles. The highest BCUT2D eigenvalue weighted by Crippen LogP contribution is 2.30. The van der Waals surface area contributed by atoms with Crippen LogP contribution in [0.3, 0.4) is 0 Å². The van der Waals surface area contributed by atoms with Crippen LogP contribution in [0.4, 0.5) is 11.5 Å². The number of carbonyl (C=O) groups excluding carboxylic acids is 3. The summed E-state index contributed by atoms with van der Waals surface area (Å²) in [7, 11) is 1.78. The number of likely N-dealkylation sites (tertiary alicyclic amines) is 2. The molecule has 2 aliphatic rings. The van der Waals surface area contributed by atoms with E-state index in [1.165, 1.54) is 6.92 Å². The quantitative estimate of drug-likeness (QED) is 0.461. The Morgan fingerprint density at radius 3 is 2.68 bits per heavy atom. The number of benzene rings is 1. The number of nitrogens with one attached hydrogen (secondary N) is 2. The third-order valence-corrected chi connectivity index (χ3v) is 6.17. The first-order chi connectivity index (χ1) is 16.2. The minimum atomic E-state index is -0.855. The molecule has 4 N–H and O–H groups in total. The number of pyridine rings is 1. The normalized spacial score (nSPS) is 17.6. The molecular weight excluding hydrogens is 432 g/mol. The van der Waals surface area contributed by atoms with Crippen LogP contribution in [0, 0.1) is 23.2 Å². The maximum Gasteiger partial charge on any atom is 0.267 e. The summed E-state index contributed by atoms with van der Waals surface area (Å²) >= 11 is 0. The van der Waals surface area contributed by atoms with E-state index < -0.39 is 5.91 Å². The lowest BCUT2D eigenvalue weighted by atomic mass is 9.91. The number of rotatable bonds is 5. The monoisotopic (exact) mass is 458 g/mol. The van der Waals surface area contributed by atoms with Crippen molar-refractivity contribution in [2.24, 2.45) is 11.7 Å². The van der Waals surface area contributed by atoms with Crippen molar-refractivity contribution in [3.63, 3.8) is 0 Å². The van der Waals surface area contributed by atoms with Crippen LogP contribution in [-0.2, 0) is 14.4 Å². The number of aromatic nitrogens is 1. The Bertz CT molecular complexity index is 1240. The summed E-state index contributed by atoms with van der Waals surface area (Å²) in [6, 6.07) is 9.05. The second kappa shape index (κ2) is 9.35. The number of amides is 3. The molecule has 1 atom stereocenters. The lowest BCUT2D eigenvalue weighted by Gasteiger charge is -2.39. The molecule has 4 rings (SSSR count). The van der Waals surface area contributed by atoms with Crippen LogP contribution in [0.15, 0.2) is 36.5 Å². The zero-order valence-electron chi connectivity index (χ0n) is 19.1. The van der Waals surface area contributed by atoms with Gasteiger partial charge in [0.05, 0.1) is 0 Å². The van der Waals surface area contributed by atoms with Crippen LogP contribution in [0.25, 0.3) is 0 Å². The van der Waals surface area contributed by atoms with Crippen molar-refractivity contribution < 1.29 is 14.4 Å². The fraction of sp³-hybridized carbons (Fsp3) is 0.320. The minimum Gasteiger partial charge on any atom is -0.364 e. The van der Waals surface area contributed by atoms with E-state index in [1.54, 1.807) is 29.1 Å². The zero-order valence-corrected chi connectivity index (χ0v) is 19.1. The Labute approximate surface area is 197 Å². The number of primary amides is 1. The third kappa shape index (κ3) is 4.76. The van der Waals surface area contributed by atoms with Gasteiger partial charge in [0, 0.05) is 62.5 Å². The summed E-state index contributed by atoms with van der Waals surface area (Å²) < 4.78 is 0. The lowest BCUT2D eigenvalue weighted by Crippen LogP contribution is -2.47. The summed E-state index contributed by atoms with van der Waals surface area (Å²) in [5.74, 6) is 5.45. The summed E-state index contributed by atoms with van der Waals surface area (Å²) in [6.45, 7) is 3.39. The van der Waals surface area contributed by atoms with Gasteiger partial charge in [0.25, 0.3) is 5.91 Å². The Morgan fingerprint density at radius 1 is 1.26 bits per heavy atom. The molecule has 0 radical (unpaired) electrons. The summed E-state index contributed by atoms with van der Waals surface area (Å²) in [5, 5.41) is 11.3. The van der Waals surface area contributed by atoms with Crippen molar-refractivity contribution in [1.29, 1.82) is 5.41 Å². The van der Waals surface area contributed by atoms with Gasteiger partial charge in [-0.25, -0.2) is 4.98 Å². The van der Waals surface area contributed by atoms with E-state index in [2.05, 4.69) is 22.1 Å². The SMILES string of the molecule is CC(=O)N1CC(c2cnc(Nc3cccc(C#CC4CCN(C)C4=O)c3)c(C(=N)C(N)=O)c2)C1. The molecule has 3 amide bonds. The number of carbonyl (C=O) groups is 3. The van der Waals surface area contributed by atoms with E-state index in [0.29, 0.717) is 36.7 Å². The predicted octanol–water partition coefficient (Wildman–Crippen LogP) is 1.45. The van der Waals surface area contributed by atoms with Crippen molar-refractivity contribution in [2.75, 3.05) is 32.0 Å². The van der Waals surface area contributed by atoms with Crippen LogP contribution in [-0.4, -0.2) is 64.9 Å². The third-order valence-electron chi connectivity index (χ3n) is 6.17. The smallest absolute Gasteiger partial charge is 0.267 e. The average molecular weight is 459 g/mol. The standard InChI is InChI=1S/C25H26N6O3/c1-15(32)31-13-19(14-31)18-11-21(22(26)23(27)33)24(28-12-18)29-20-5-3-4-16(10-20)6-7-17-8-9-30(2)25(17)34/h3-5,10-12,17,19,26H,8-9,13-14H2,1-2H3,(H2,27,33)(H,28,29). The van der Waals surface area contributed by atoms with Crippen LogP contribution in [0.5, 0.6) is 0 Å². The number of hydrogen-bond acceptors (Lipinski definition) is 6. The van der Waals surface area contributed by atoms with Crippen molar-refractivity contribution in [2.45, 2.75) is 19.3 Å². The number of anilines is 2. The van der Waals surface area contributed by atoms with Gasteiger partial charge in [-0.05, 0) is 36.2 Å². The highest BCUT2D eigenvalue weighted by Gasteiger charge is 2.31. The second-order valence-electron chi connectivity index (χ2n) is 8.60. The van der Waals surface area contributed by atoms with Crippen molar-refractivity contribution in [3.05, 3.63) is 53.2 Å². The molecule has 2 saturated heterocycles. The first-order valence-corrected chi connectivity index (χ1v) is 11.0. The van der Waals surface area contributed by atoms with E-state index in [9.17, 15) is 14.4 Å². The Hall–Kier alpha value is -4.19. The van der Waals surface area contributed by atoms with Gasteiger partial charge < -0.3 is 20.9 Å². The predicted molar refractivity (Wildman–Crippen MR) is 128 cm³/mol. The summed E-state index contributed by atoms with van der Waals surface area (Å²) in [6.07, 6.45) is 2.41. The Balaban J connectivity index is 1.56. The van der Waals surface area contributed by atoms with Gasteiger partial charge in [0.1, 0.15) is 17.4 Å². The van der Waals surface area contributed by atoms with E-state index in [0.717, 1.165) is 17.5 Å². The lowest BCUT2D eigenvalue weighted by molar-refractivity contribution is -0.133. The molecule has 0 spiro atoms. The molecule has 2 aliphatic heterocycles. The maximum absolute atomic E-state index is 12.1. The van der Waals surface area contributed by atoms with Gasteiger partial charge in [0.15, 0.2) is 0 Å². The Kier molecular flexibility index (Phi) is 6.32. The van der Waals surface area contributed by atoms with Gasteiger partial charge in [-0.15, -0.1) is 0 Å². The fourth-order valence-corrected chi connectivity index (χ4v) is 4.01. The fourth-order valence-electron chi connectivity index (χ4n) is 4.01. The first kappa shape index (κ1) is 23.0. The van der Waals surface area contributed by atoms with Gasteiger partial charge in [-0.2, -0.15) is 0 Å². The van der Waals surface area contributed by atoms with Gasteiger partial charge in [-0.3, -0.25) is 19.8 Å². The largest absolute Gasteiger partial charge is 0.364 e. The van der Waals surface area contributed by atoms with E-state index in [-0.39, 0.29) is 29.4 Å². The number of hydrogen-bond donors (Lipinski definition) is 3. The average Bonchev–Trinajstić information content (AvgIpc) is 3.09. The highest BCUT2D eigenvalue weighted by molar-refractivity contribution is 6.44. The first-order valence-electron chi connectivity index (χ1n) is 11.0. The molecule has 2 fully saturated rings. The molecule has 9 nitrogen and oxygen atoms in total.